The van der Waals surface area contributed by atoms with E-state index in [1.54, 1.807) is 0 Å². The Morgan fingerprint density at radius 3 is 1.65 bits per heavy atom. The Bertz CT molecular complexity index is 976. The predicted octanol–water partition coefficient (Wildman–Crippen LogP) is 6.05. The first-order chi connectivity index (χ1) is 26.2. The molecule has 1 saturated heterocycles. The number of aliphatic hydroxyl groups excluding tert-OH is 7. The molecular formula is C43H79NO10. The highest BCUT2D eigenvalue weighted by Crippen LogP contribution is 2.23. The van der Waals surface area contributed by atoms with Crippen molar-refractivity contribution in [1.82, 2.24) is 5.32 Å². The van der Waals surface area contributed by atoms with Gasteiger partial charge in [0, 0.05) is 0 Å². The van der Waals surface area contributed by atoms with Crippen molar-refractivity contribution in [2.45, 2.75) is 217 Å². The Hall–Kier alpha value is -1.67. The third-order valence-corrected chi connectivity index (χ3v) is 10.2. The maximum Gasteiger partial charge on any atom is 0.249 e. The van der Waals surface area contributed by atoms with Gasteiger partial charge in [-0.05, 0) is 64.2 Å². The van der Waals surface area contributed by atoms with E-state index in [1.807, 2.05) is 0 Å². The van der Waals surface area contributed by atoms with Gasteiger partial charge in [-0.3, -0.25) is 4.79 Å². The summed E-state index contributed by atoms with van der Waals surface area (Å²) in [5.41, 5.74) is 0. The smallest absolute Gasteiger partial charge is 0.249 e. The first kappa shape index (κ1) is 50.3. The van der Waals surface area contributed by atoms with Crippen LogP contribution in [0, 0.1) is 0 Å². The van der Waals surface area contributed by atoms with Gasteiger partial charge in [-0.15, -0.1) is 0 Å². The summed E-state index contributed by atoms with van der Waals surface area (Å²) in [6, 6.07) is -1.19. The number of amides is 1. The van der Waals surface area contributed by atoms with Gasteiger partial charge in [0.05, 0.1) is 25.4 Å². The van der Waals surface area contributed by atoms with E-state index in [1.165, 1.54) is 70.6 Å². The van der Waals surface area contributed by atoms with Gasteiger partial charge in [0.1, 0.15) is 36.6 Å². The van der Waals surface area contributed by atoms with Crippen LogP contribution in [0.3, 0.4) is 0 Å². The van der Waals surface area contributed by atoms with Gasteiger partial charge in [0.15, 0.2) is 6.29 Å². The summed E-state index contributed by atoms with van der Waals surface area (Å²) < 4.78 is 11.0. The van der Waals surface area contributed by atoms with Gasteiger partial charge in [-0.2, -0.15) is 0 Å². The molecule has 0 spiro atoms. The average Bonchev–Trinajstić information content (AvgIpc) is 3.17. The Kier molecular flexibility index (Phi) is 31.2. The lowest BCUT2D eigenvalue weighted by Crippen LogP contribution is -2.60. The minimum Gasteiger partial charge on any atom is -0.394 e. The van der Waals surface area contributed by atoms with Crippen molar-refractivity contribution >= 4 is 5.91 Å². The summed E-state index contributed by atoms with van der Waals surface area (Å²) >= 11 is 0. The van der Waals surface area contributed by atoms with E-state index in [2.05, 4.69) is 55.6 Å². The lowest BCUT2D eigenvalue weighted by Gasteiger charge is -2.40. The van der Waals surface area contributed by atoms with Crippen molar-refractivity contribution in [3.8, 4) is 0 Å². The van der Waals surface area contributed by atoms with Gasteiger partial charge < -0.3 is 50.5 Å². The number of hydrogen-bond donors (Lipinski definition) is 8. The normalized spacial score (nSPS) is 23.0. The molecule has 54 heavy (non-hydrogen) atoms. The third-order valence-electron chi connectivity index (χ3n) is 10.2. The maximum absolute atomic E-state index is 13.0. The monoisotopic (exact) mass is 770 g/mol. The fourth-order valence-electron chi connectivity index (χ4n) is 6.53. The van der Waals surface area contributed by atoms with Crippen LogP contribution < -0.4 is 5.32 Å². The van der Waals surface area contributed by atoms with Gasteiger partial charge >= 0.3 is 0 Å². The van der Waals surface area contributed by atoms with E-state index in [0.29, 0.717) is 19.3 Å². The van der Waals surface area contributed by atoms with E-state index in [-0.39, 0.29) is 12.8 Å². The second kappa shape index (κ2) is 33.5. The molecule has 0 aliphatic carbocycles. The molecule has 316 valence electrons. The summed E-state index contributed by atoms with van der Waals surface area (Å²) in [7, 11) is 0. The average molecular weight is 770 g/mol. The first-order valence-corrected chi connectivity index (χ1v) is 21.4. The number of aliphatic hydroxyl groups is 7. The SMILES string of the molecule is CCCCC/C=C/CC/C=C/CC/C=C/CCCC(O)C(O)C(COC1OC(CO)C(O)C(O)C1O)NC(=O)C(O)CCCCCCCCCCCCC. The van der Waals surface area contributed by atoms with Crippen LogP contribution in [0.15, 0.2) is 36.5 Å². The largest absolute Gasteiger partial charge is 0.394 e. The second-order valence-electron chi connectivity index (χ2n) is 15.0. The maximum atomic E-state index is 13.0. The lowest BCUT2D eigenvalue weighted by atomic mass is 9.98. The zero-order valence-electron chi connectivity index (χ0n) is 33.7. The molecular weight excluding hydrogens is 690 g/mol. The van der Waals surface area contributed by atoms with Crippen molar-refractivity contribution < 1.29 is 50.0 Å². The third kappa shape index (κ3) is 23.4. The number of allylic oxidation sites excluding steroid dienone is 6. The summed E-state index contributed by atoms with van der Waals surface area (Å²) in [5.74, 6) is -0.716. The molecule has 9 unspecified atom stereocenters. The molecule has 1 aliphatic rings. The molecule has 11 heteroatoms. The molecule has 0 aromatic heterocycles. The van der Waals surface area contributed by atoms with E-state index in [0.717, 1.165) is 44.9 Å². The van der Waals surface area contributed by atoms with Gasteiger partial charge in [-0.25, -0.2) is 0 Å². The molecule has 0 aromatic carbocycles. The molecule has 1 rings (SSSR count). The Labute approximate surface area is 326 Å². The fourth-order valence-corrected chi connectivity index (χ4v) is 6.53. The van der Waals surface area contributed by atoms with Crippen LogP contribution in [0.1, 0.15) is 162 Å². The van der Waals surface area contributed by atoms with E-state index in [4.69, 9.17) is 9.47 Å². The van der Waals surface area contributed by atoms with Crippen LogP contribution in [0.5, 0.6) is 0 Å². The molecule has 8 N–H and O–H groups in total. The van der Waals surface area contributed by atoms with E-state index in [9.17, 15) is 40.5 Å². The van der Waals surface area contributed by atoms with Crippen LogP contribution in [0.25, 0.3) is 0 Å². The minimum atomic E-state index is -1.67. The highest BCUT2D eigenvalue weighted by molar-refractivity contribution is 5.80. The van der Waals surface area contributed by atoms with Crippen LogP contribution in [0.4, 0.5) is 0 Å². The Balaban J connectivity index is 2.56. The minimum absolute atomic E-state index is 0.241. The van der Waals surface area contributed by atoms with Gasteiger partial charge in [-0.1, -0.05) is 134 Å². The number of carbonyl (C=O) groups is 1. The molecule has 0 aromatic rings. The second-order valence-corrected chi connectivity index (χ2v) is 15.0. The van der Waals surface area contributed by atoms with E-state index < -0.39 is 74.2 Å². The zero-order chi connectivity index (χ0) is 39.8. The molecule has 1 amide bonds. The highest BCUT2D eigenvalue weighted by atomic mass is 16.7. The lowest BCUT2D eigenvalue weighted by molar-refractivity contribution is -0.303. The molecule has 1 heterocycles. The first-order valence-electron chi connectivity index (χ1n) is 21.4. The van der Waals surface area contributed by atoms with Crippen molar-refractivity contribution in [3.63, 3.8) is 0 Å². The van der Waals surface area contributed by atoms with Crippen LogP contribution in [-0.4, -0.2) is 110 Å². The van der Waals surface area contributed by atoms with Crippen molar-refractivity contribution in [2.75, 3.05) is 13.2 Å². The van der Waals surface area contributed by atoms with E-state index >= 15 is 0 Å². The zero-order valence-corrected chi connectivity index (χ0v) is 33.7. The number of carbonyl (C=O) groups excluding carboxylic acids is 1. The summed E-state index contributed by atoms with van der Waals surface area (Å²) in [4.78, 5) is 13.0. The van der Waals surface area contributed by atoms with Crippen molar-refractivity contribution in [1.29, 1.82) is 0 Å². The number of unbranched alkanes of at least 4 members (excludes halogenated alkanes) is 16. The number of ether oxygens (including phenoxy) is 2. The fraction of sp³-hybridized carbons (Fsp3) is 0.837. The number of rotatable bonds is 34. The molecule has 9 atom stereocenters. The van der Waals surface area contributed by atoms with Crippen LogP contribution >= 0.6 is 0 Å². The van der Waals surface area contributed by atoms with Crippen molar-refractivity contribution in [3.05, 3.63) is 36.5 Å². The van der Waals surface area contributed by atoms with Gasteiger partial charge in [0.25, 0.3) is 0 Å². The predicted molar refractivity (Wildman–Crippen MR) is 215 cm³/mol. The molecule has 1 aliphatic heterocycles. The number of nitrogens with one attached hydrogen (secondary N) is 1. The Morgan fingerprint density at radius 2 is 1.11 bits per heavy atom. The quantitative estimate of drug-likeness (QED) is 0.0283. The molecule has 0 saturated carbocycles. The summed E-state index contributed by atoms with van der Waals surface area (Å²) in [6.45, 7) is 3.35. The van der Waals surface area contributed by atoms with Gasteiger partial charge in [0.2, 0.25) is 5.91 Å². The van der Waals surface area contributed by atoms with Crippen LogP contribution in [-0.2, 0) is 14.3 Å². The molecule has 11 nitrogen and oxygen atoms in total. The standard InChI is InChI=1S/C43H79NO10/c1-3-5-7-9-11-13-15-16-17-18-19-21-22-24-26-28-30-35(46)38(48)34(33-53-43-41(51)40(50)39(49)37(32-45)54-43)44-42(52)36(47)31-29-27-25-23-20-14-12-10-8-6-4-2/h11,13,17-18,22,24,34-41,43,45-51H,3-10,12,14-16,19-21,23,25-33H2,1-2H3,(H,44,52)/b13-11+,18-17+,24-22+. The van der Waals surface area contributed by atoms with Crippen molar-refractivity contribution in [2.24, 2.45) is 0 Å². The highest BCUT2D eigenvalue weighted by Gasteiger charge is 2.44. The molecule has 1 fully saturated rings. The topological polar surface area (TPSA) is 189 Å². The molecule has 0 radical (unpaired) electrons. The summed E-state index contributed by atoms with van der Waals surface area (Å²) in [5, 5.41) is 75.3. The molecule has 0 bridgehead atoms. The Morgan fingerprint density at radius 1 is 0.630 bits per heavy atom. The number of hydrogen-bond acceptors (Lipinski definition) is 10. The van der Waals surface area contributed by atoms with Crippen LogP contribution in [0.2, 0.25) is 0 Å². The summed E-state index contributed by atoms with van der Waals surface area (Å²) in [6.07, 6.45) is 24.8.